The molecule has 4 rings (SSSR count). The van der Waals surface area contributed by atoms with Gasteiger partial charge >= 0.3 is 0 Å². The number of hydrogen-bond acceptors (Lipinski definition) is 7. The van der Waals surface area contributed by atoms with Crippen LogP contribution in [-0.4, -0.2) is 47.7 Å². The summed E-state index contributed by atoms with van der Waals surface area (Å²) in [5, 5.41) is 33.1. The fraction of sp³-hybridized carbons (Fsp3) is 0.368. The first-order chi connectivity index (χ1) is 12.8. The number of aliphatic hydroxyl groups is 3. The highest BCUT2D eigenvalue weighted by atomic mass is 16.6. The van der Waals surface area contributed by atoms with Crippen molar-refractivity contribution in [1.29, 1.82) is 0 Å². The summed E-state index contributed by atoms with van der Waals surface area (Å²) in [6.07, 6.45) is -1.36. The van der Waals surface area contributed by atoms with E-state index < -0.39 is 30.1 Å². The van der Waals surface area contributed by atoms with Crippen LogP contribution in [0.1, 0.15) is 30.4 Å². The standard InChI is InChI=1S/C19H22N4O4/c1-10-3-5-11(6-4-10)13(24)15-19(2,26)14(25)18(27-15)23-8-7-12-16(20)21-9-22-17(12)23/h3-9,13-15,18,24-26H,1-2H3,(H2,20,21,22)/t13?,14-,15+,18+,19-/m0/s1. The molecule has 1 aromatic carbocycles. The molecule has 1 saturated heterocycles. The highest BCUT2D eigenvalue weighted by molar-refractivity contribution is 5.86. The summed E-state index contributed by atoms with van der Waals surface area (Å²) in [4.78, 5) is 8.15. The van der Waals surface area contributed by atoms with E-state index in [0.29, 0.717) is 22.4 Å². The van der Waals surface area contributed by atoms with E-state index in [1.807, 2.05) is 19.1 Å². The smallest absolute Gasteiger partial charge is 0.164 e. The molecule has 142 valence electrons. The van der Waals surface area contributed by atoms with Crippen LogP contribution in [0.5, 0.6) is 0 Å². The van der Waals surface area contributed by atoms with Gasteiger partial charge in [-0.1, -0.05) is 29.8 Å². The van der Waals surface area contributed by atoms with Crippen molar-refractivity contribution in [3.05, 3.63) is 54.0 Å². The highest BCUT2D eigenvalue weighted by Gasteiger charge is 2.55. The zero-order valence-electron chi connectivity index (χ0n) is 15.0. The van der Waals surface area contributed by atoms with Crippen molar-refractivity contribution in [2.45, 2.75) is 44.0 Å². The summed E-state index contributed by atoms with van der Waals surface area (Å²) in [6, 6.07) is 9.01. The number of aryl methyl sites for hydroxylation is 1. The van der Waals surface area contributed by atoms with Crippen molar-refractivity contribution in [2.24, 2.45) is 0 Å². The lowest BCUT2D eigenvalue weighted by Crippen LogP contribution is -2.47. The molecular formula is C19H22N4O4. The molecule has 3 aromatic rings. The van der Waals surface area contributed by atoms with Gasteiger partial charge in [0.1, 0.15) is 41.7 Å². The molecule has 5 atom stereocenters. The Balaban J connectivity index is 1.70. The number of ether oxygens (including phenoxy) is 1. The summed E-state index contributed by atoms with van der Waals surface area (Å²) in [5.41, 5.74) is 6.32. The maximum absolute atomic E-state index is 10.9. The SMILES string of the molecule is Cc1ccc(C(O)[C@H]2O[C@@H](n3ccc4c(N)ncnc43)[C@H](O)[C@]2(C)O)cc1. The number of nitrogens with zero attached hydrogens (tertiary/aromatic N) is 3. The van der Waals surface area contributed by atoms with Crippen LogP contribution in [0.2, 0.25) is 0 Å². The first kappa shape index (κ1) is 17.9. The molecule has 3 heterocycles. The Labute approximate surface area is 155 Å². The highest BCUT2D eigenvalue weighted by Crippen LogP contribution is 2.43. The number of nitrogens with two attached hydrogens (primary N) is 1. The number of hydrogen-bond donors (Lipinski definition) is 4. The fourth-order valence-corrected chi connectivity index (χ4v) is 3.57. The van der Waals surface area contributed by atoms with Gasteiger partial charge in [-0.25, -0.2) is 9.97 Å². The topological polar surface area (TPSA) is 127 Å². The van der Waals surface area contributed by atoms with Crippen LogP contribution < -0.4 is 5.73 Å². The summed E-state index contributed by atoms with van der Waals surface area (Å²) in [7, 11) is 0. The van der Waals surface area contributed by atoms with Gasteiger partial charge in [-0.2, -0.15) is 0 Å². The van der Waals surface area contributed by atoms with Crippen molar-refractivity contribution in [2.75, 3.05) is 5.73 Å². The molecule has 1 aliphatic heterocycles. The van der Waals surface area contributed by atoms with E-state index >= 15 is 0 Å². The largest absolute Gasteiger partial charge is 0.386 e. The first-order valence-corrected chi connectivity index (χ1v) is 8.68. The monoisotopic (exact) mass is 370 g/mol. The first-order valence-electron chi connectivity index (χ1n) is 8.68. The molecule has 8 nitrogen and oxygen atoms in total. The molecular weight excluding hydrogens is 348 g/mol. The fourth-order valence-electron chi connectivity index (χ4n) is 3.57. The lowest BCUT2D eigenvalue weighted by molar-refractivity contribution is -0.115. The number of anilines is 1. The van der Waals surface area contributed by atoms with Crippen LogP contribution in [0.15, 0.2) is 42.9 Å². The molecule has 1 fully saturated rings. The van der Waals surface area contributed by atoms with E-state index in [1.165, 1.54) is 13.3 Å². The quantitative estimate of drug-likeness (QED) is 0.543. The molecule has 0 radical (unpaired) electrons. The van der Waals surface area contributed by atoms with Gasteiger partial charge in [0.2, 0.25) is 0 Å². The Bertz CT molecular complexity index is 970. The van der Waals surface area contributed by atoms with E-state index in [-0.39, 0.29) is 0 Å². The van der Waals surface area contributed by atoms with Crippen LogP contribution in [-0.2, 0) is 4.74 Å². The number of aliphatic hydroxyl groups excluding tert-OH is 2. The maximum Gasteiger partial charge on any atom is 0.164 e. The van der Waals surface area contributed by atoms with Gasteiger partial charge in [0.25, 0.3) is 0 Å². The lowest BCUT2D eigenvalue weighted by atomic mass is 9.88. The van der Waals surface area contributed by atoms with E-state index in [0.717, 1.165) is 5.56 Å². The Morgan fingerprint density at radius 2 is 1.93 bits per heavy atom. The minimum atomic E-state index is -1.68. The normalized spacial score (nSPS) is 29.3. The molecule has 27 heavy (non-hydrogen) atoms. The van der Waals surface area contributed by atoms with E-state index in [2.05, 4.69) is 9.97 Å². The van der Waals surface area contributed by atoms with Gasteiger partial charge in [-0.3, -0.25) is 0 Å². The predicted octanol–water partition coefficient (Wildman–Crippen LogP) is 1.06. The predicted molar refractivity (Wildman–Crippen MR) is 98.6 cm³/mol. The third-order valence-corrected chi connectivity index (χ3v) is 5.25. The second-order valence-corrected chi connectivity index (χ2v) is 7.19. The summed E-state index contributed by atoms with van der Waals surface area (Å²) < 4.78 is 7.53. The minimum Gasteiger partial charge on any atom is -0.386 e. The van der Waals surface area contributed by atoms with Crippen LogP contribution in [0.4, 0.5) is 5.82 Å². The Hall–Kier alpha value is -2.52. The molecule has 1 unspecified atom stereocenters. The number of rotatable bonds is 3. The van der Waals surface area contributed by atoms with E-state index in [9.17, 15) is 15.3 Å². The minimum absolute atomic E-state index is 0.314. The summed E-state index contributed by atoms with van der Waals surface area (Å²) in [6.45, 7) is 3.40. The third-order valence-electron chi connectivity index (χ3n) is 5.25. The van der Waals surface area contributed by atoms with Crippen molar-refractivity contribution in [3.63, 3.8) is 0 Å². The van der Waals surface area contributed by atoms with Gasteiger partial charge in [0.05, 0.1) is 5.39 Å². The molecule has 5 N–H and O–H groups in total. The van der Waals surface area contributed by atoms with Crippen molar-refractivity contribution in [3.8, 4) is 0 Å². The van der Waals surface area contributed by atoms with Gasteiger partial charge in [-0.15, -0.1) is 0 Å². The maximum atomic E-state index is 10.9. The van der Waals surface area contributed by atoms with Crippen molar-refractivity contribution < 1.29 is 20.1 Å². The molecule has 2 aromatic heterocycles. The van der Waals surface area contributed by atoms with Gasteiger partial charge in [0, 0.05) is 6.20 Å². The Morgan fingerprint density at radius 1 is 1.22 bits per heavy atom. The van der Waals surface area contributed by atoms with Crippen molar-refractivity contribution >= 4 is 16.9 Å². The average Bonchev–Trinajstić information content (AvgIpc) is 3.16. The number of benzene rings is 1. The van der Waals surface area contributed by atoms with E-state index in [1.54, 1.807) is 29.0 Å². The Morgan fingerprint density at radius 3 is 2.63 bits per heavy atom. The van der Waals surface area contributed by atoms with Crippen molar-refractivity contribution in [1.82, 2.24) is 14.5 Å². The van der Waals surface area contributed by atoms with Gasteiger partial charge in [-0.05, 0) is 25.5 Å². The van der Waals surface area contributed by atoms with Crippen LogP contribution >= 0.6 is 0 Å². The van der Waals surface area contributed by atoms with Crippen LogP contribution in [0.3, 0.4) is 0 Å². The zero-order valence-corrected chi connectivity index (χ0v) is 15.0. The number of nitrogen functional groups attached to an aromatic ring is 1. The molecule has 0 bridgehead atoms. The van der Waals surface area contributed by atoms with Crippen LogP contribution in [0, 0.1) is 6.92 Å². The summed E-state index contributed by atoms with van der Waals surface area (Å²) in [5.74, 6) is 0.314. The molecule has 0 saturated carbocycles. The number of aromatic nitrogens is 3. The molecule has 0 spiro atoms. The Kier molecular flexibility index (Phi) is 4.15. The third kappa shape index (κ3) is 2.78. The lowest BCUT2D eigenvalue weighted by Gasteiger charge is -2.29. The second kappa shape index (κ2) is 6.28. The zero-order chi connectivity index (χ0) is 19.3. The average molecular weight is 370 g/mol. The van der Waals surface area contributed by atoms with Crippen LogP contribution in [0.25, 0.3) is 11.0 Å². The number of fused-ring (bicyclic) bond motifs is 1. The molecule has 8 heteroatoms. The van der Waals surface area contributed by atoms with E-state index in [4.69, 9.17) is 10.5 Å². The summed E-state index contributed by atoms with van der Waals surface area (Å²) >= 11 is 0. The molecule has 0 aliphatic carbocycles. The molecule has 0 amide bonds. The second-order valence-electron chi connectivity index (χ2n) is 7.19. The van der Waals surface area contributed by atoms with Gasteiger partial charge < -0.3 is 30.4 Å². The molecule has 1 aliphatic rings. The van der Waals surface area contributed by atoms with Gasteiger partial charge in [0.15, 0.2) is 6.23 Å².